The van der Waals surface area contributed by atoms with Gasteiger partial charge in [-0.1, -0.05) is 32.6 Å². The van der Waals surface area contributed by atoms with Crippen LogP contribution in [0.1, 0.15) is 58.8 Å². The Labute approximate surface area is 111 Å². The molecule has 0 saturated heterocycles. The largest absolute Gasteiger partial charge is 0.392 e. The molecule has 4 heteroatoms. The van der Waals surface area contributed by atoms with E-state index in [4.69, 9.17) is 0 Å². The highest BCUT2D eigenvalue weighted by Crippen LogP contribution is 2.18. The summed E-state index contributed by atoms with van der Waals surface area (Å²) in [5.41, 5.74) is 0. The minimum atomic E-state index is -0.307. The normalized spacial score (nSPS) is 26.4. The first kappa shape index (κ1) is 15.4. The highest BCUT2D eigenvalue weighted by Gasteiger charge is 2.24. The lowest BCUT2D eigenvalue weighted by molar-refractivity contribution is -0.123. The maximum atomic E-state index is 11.8. The zero-order valence-electron chi connectivity index (χ0n) is 11.7. The number of aliphatic hydroxyl groups is 1. The van der Waals surface area contributed by atoms with Gasteiger partial charge >= 0.3 is 0 Å². The van der Waals surface area contributed by atoms with E-state index in [1.54, 1.807) is 0 Å². The molecule has 3 atom stereocenters. The van der Waals surface area contributed by atoms with Crippen LogP contribution in [-0.2, 0) is 4.79 Å². The lowest BCUT2D eigenvalue weighted by Crippen LogP contribution is -2.50. The smallest absolute Gasteiger partial charge is 0.236 e. The molecule has 1 fully saturated rings. The summed E-state index contributed by atoms with van der Waals surface area (Å²) in [5.74, 6) is 0.0416. The second kappa shape index (κ2) is 8.48. The van der Waals surface area contributed by atoms with Crippen LogP contribution < -0.4 is 10.6 Å². The van der Waals surface area contributed by atoms with Crippen molar-refractivity contribution in [3.05, 3.63) is 0 Å². The van der Waals surface area contributed by atoms with Gasteiger partial charge in [0.1, 0.15) is 0 Å². The average Bonchev–Trinajstić information content (AvgIpc) is 2.55. The summed E-state index contributed by atoms with van der Waals surface area (Å²) in [7, 11) is 0. The van der Waals surface area contributed by atoms with Crippen LogP contribution in [0.15, 0.2) is 0 Å². The van der Waals surface area contributed by atoms with E-state index in [1.807, 2.05) is 6.92 Å². The number of hydrogen-bond acceptors (Lipinski definition) is 3. The fraction of sp³-hybridized carbons (Fsp3) is 0.929. The second-order valence-electron chi connectivity index (χ2n) is 5.34. The second-order valence-corrected chi connectivity index (χ2v) is 5.34. The van der Waals surface area contributed by atoms with Crippen LogP contribution >= 0.6 is 0 Å². The number of nitrogens with one attached hydrogen (secondary N) is 2. The minimum absolute atomic E-state index is 0.0416. The number of hydrogen-bond donors (Lipinski definition) is 3. The third kappa shape index (κ3) is 5.36. The van der Waals surface area contributed by atoms with E-state index >= 15 is 0 Å². The molecular weight excluding hydrogens is 228 g/mol. The molecule has 0 spiro atoms. The molecule has 0 radical (unpaired) electrons. The first-order valence-electron chi connectivity index (χ1n) is 7.37. The number of aliphatic hydroxyl groups excluding tert-OH is 1. The molecule has 18 heavy (non-hydrogen) atoms. The van der Waals surface area contributed by atoms with E-state index in [-0.39, 0.29) is 24.1 Å². The van der Waals surface area contributed by atoms with Crippen molar-refractivity contribution in [1.29, 1.82) is 0 Å². The van der Waals surface area contributed by atoms with Gasteiger partial charge in [0.25, 0.3) is 0 Å². The average molecular weight is 256 g/mol. The summed E-state index contributed by atoms with van der Waals surface area (Å²) in [6.45, 7) is 4.73. The SMILES string of the molecule is CCCCNC(=O)C(C)NC1CCCCCC1O. The molecule has 1 aliphatic rings. The van der Waals surface area contributed by atoms with Crippen molar-refractivity contribution in [3.63, 3.8) is 0 Å². The molecule has 1 saturated carbocycles. The van der Waals surface area contributed by atoms with Gasteiger partial charge < -0.3 is 15.7 Å². The Morgan fingerprint density at radius 2 is 2.06 bits per heavy atom. The summed E-state index contributed by atoms with van der Waals surface area (Å²) >= 11 is 0. The highest BCUT2D eigenvalue weighted by molar-refractivity contribution is 5.81. The predicted molar refractivity (Wildman–Crippen MR) is 73.4 cm³/mol. The van der Waals surface area contributed by atoms with Gasteiger partial charge in [-0.2, -0.15) is 0 Å². The lowest BCUT2D eigenvalue weighted by Gasteiger charge is -2.25. The molecule has 1 amide bonds. The molecular formula is C14H28N2O2. The predicted octanol–water partition coefficient (Wildman–Crippen LogP) is 1.57. The van der Waals surface area contributed by atoms with E-state index in [9.17, 15) is 9.90 Å². The number of unbranched alkanes of at least 4 members (excludes halogenated alkanes) is 1. The van der Waals surface area contributed by atoms with E-state index in [1.165, 1.54) is 6.42 Å². The van der Waals surface area contributed by atoms with Crippen LogP contribution in [0.4, 0.5) is 0 Å². The van der Waals surface area contributed by atoms with Crippen molar-refractivity contribution < 1.29 is 9.90 Å². The van der Waals surface area contributed by atoms with Crippen molar-refractivity contribution in [2.45, 2.75) is 77.0 Å². The Bertz CT molecular complexity index is 246. The molecule has 4 nitrogen and oxygen atoms in total. The Morgan fingerprint density at radius 1 is 1.33 bits per heavy atom. The summed E-state index contributed by atoms with van der Waals surface area (Å²) in [6, 6.07) is -0.154. The Hall–Kier alpha value is -0.610. The number of amides is 1. The van der Waals surface area contributed by atoms with Crippen molar-refractivity contribution in [1.82, 2.24) is 10.6 Å². The molecule has 1 aliphatic carbocycles. The molecule has 0 aromatic heterocycles. The maximum Gasteiger partial charge on any atom is 0.236 e. The quantitative estimate of drug-likeness (QED) is 0.499. The Morgan fingerprint density at radius 3 is 2.78 bits per heavy atom. The van der Waals surface area contributed by atoms with Gasteiger partial charge in [-0.05, 0) is 26.2 Å². The highest BCUT2D eigenvalue weighted by atomic mass is 16.3. The monoisotopic (exact) mass is 256 g/mol. The lowest BCUT2D eigenvalue weighted by atomic mass is 10.0. The van der Waals surface area contributed by atoms with E-state index in [0.717, 1.165) is 45.1 Å². The molecule has 0 aromatic rings. The molecule has 106 valence electrons. The maximum absolute atomic E-state index is 11.8. The van der Waals surface area contributed by atoms with Gasteiger partial charge in [0.15, 0.2) is 0 Å². The van der Waals surface area contributed by atoms with Crippen LogP contribution in [0.25, 0.3) is 0 Å². The molecule has 3 N–H and O–H groups in total. The third-order valence-electron chi connectivity index (χ3n) is 3.67. The van der Waals surface area contributed by atoms with Gasteiger partial charge in [0.05, 0.1) is 12.1 Å². The van der Waals surface area contributed by atoms with Gasteiger partial charge in [-0.25, -0.2) is 0 Å². The summed E-state index contributed by atoms with van der Waals surface area (Å²) in [5, 5.41) is 16.2. The Balaban J connectivity index is 2.32. The summed E-state index contributed by atoms with van der Waals surface area (Å²) in [4.78, 5) is 11.8. The third-order valence-corrected chi connectivity index (χ3v) is 3.67. The number of carbonyl (C=O) groups excluding carboxylic acids is 1. The first-order valence-corrected chi connectivity index (χ1v) is 7.37. The molecule has 1 rings (SSSR count). The zero-order valence-corrected chi connectivity index (χ0v) is 11.7. The van der Waals surface area contributed by atoms with Crippen molar-refractivity contribution >= 4 is 5.91 Å². The first-order chi connectivity index (χ1) is 8.65. The van der Waals surface area contributed by atoms with Crippen LogP contribution in [0.3, 0.4) is 0 Å². The van der Waals surface area contributed by atoms with Crippen LogP contribution in [0.5, 0.6) is 0 Å². The minimum Gasteiger partial charge on any atom is -0.392 e. The fourth-order valence-corrected chi connectivity index (χ4v) is 2.42. The van der Waals surface area contributed by atoms with E-state index in [0.29, 0.717) is 0 Å². The van der Waals surface area contributed by atoms with Gasteiger partial charge in [-0.15, -0.1) is 0 Å². The van der Waals surface area contributed by atoms with Crippen molar-refractivity contribution in [2.75, 3.05) is 6.54 Å². The Kier molecular flexibility index (Phi) is 7.28. The van der Waals surface area contributed by atoms with E-state index in [2.05, 4.69) is 17.6 Å². The summed E-state index contributed by atoms with van der Waals surface area (Å²) < 4.78 is 0. The molecule has 0 heterocycles. The topological polar surface area (TPSA) is 61.4 Å². The van der Waals surface area contributed by atoms with Crippen LogP contribution in [0, 0.1) is 0 Å². The zero-order chi connectivity index (χ0) is 13.4. The standard InChI is InChI=1S/C14H28N2O2/c1-3-4-10-15-14(18)11(2)16-12-8-6-5-7-9-13(12)17/h11-13,16-17H,3-10H2,1-2H3,(H,15,18). The molecule has 3 unspecified atom stereocenters. The van der Waals surface area contributed by atoms with Gasteiger partial charge in [0, 0.05) is 12.6 Å². The van der Waals surface area contributed by atoms with Crippen LogP contribution in [0.2, 0.25) is 0 Å². The number of carbonyl (C=O) groups is 1. The molecule has 0 aliphatic heterocycles. The van der Waals surface area contributed by atoms with Crippen LogP contribution in [-0.4, -0.2) is 35.7 Å². The van der Waals surface area contributed by atoms with Crippen molar-refractivity contribution in [2.24, 2.45) is 0 Å². The van der Waals surface area contributed by atoms with Gasteiger partial charge in [-0.3, -0.25) is 4.79 Å². The fourth-order valence-electron chi connectivity index (χ4n) is 2.42. The van der Waals surface area contributed by atoms with Crippen molar-refractivity contribution in [3.8, 4) is 0 Å². The molecule has 0 bridgehead atoms. The number of rotatable bonds is 6. The molecule has 0 aromatic carbocycles. The van der Waals surface area contributed by atoms with Gasteiger partial charge in [0.2, 0.25) is 5.91 Å². The summed E-state index contributed by atoms with van der Waals surface area (Å²) in [6.07, 6.45) is 7.03. The van der Waals surface area contributed by atoms with E-state index < -0.39 is 0 Å².